The molecule has 1 amide bonds. The molecule has 0 spiro atoms. The number of aromatic nitrogens is 2. The van der Waals surface area contributed by atoms with Crippen molar-refractivity contribution >= 4 is 16.9 Å². The number of rotatable bonds is 6. The lowest BCUT2D eigenvalue weighted by molar-refractivity contribution is 0.0327. The smallest absolute Gasteiger partial charge is 0.253 e. The summed E-state index contributed by atoms with van der Waals surface area (Å²) in [4.78, 5) is 21.8. The van der Waals surface area contributed by atoms with Crippen LogP contribution >= 0.6 is 0 Å². The molecule has 0 unspecified atom stereocenters. The van der Waals surface area contributed by atoms with Gasteiger partial charge in [-0.2, -0.15) is 0 Å². The molecule has 1 aromatic heterocycles. The topological polar surface area (TPSA) is 67.5 Å². The van der Waals surface area contributed by atoms with Crippen LogP contribution in [0.2, 0.25) is 0 Å². The maximum absolute atomic E-state index is 12.6. The van der Waals surface area contributed by atoms with Crippen LogP contribution < -0.4 is 0 Å². The number of imidazole rings is 1. The van der Waals surface area contributed by atoms with E-state index in [1.165, 1.54) is 0 Å². The summed E-state index contributed by atoms with van der Waals surface area (Å²) >= 11 is 0. The summed E-state index contributed by atoms with van der Waals surface area (Å²) < 4.78 is 10.6. The highest BCUT2D eigenvalue weighted by Gasteiger charge is 2.24. The number of piperidine rings is 1. The Morgan fingerprint density at radius 3 is 2.96 bits per heavy atom. The van der Waals surface area contributed by atoms with Gasteiger partial charge in [0.25, 0.3) is 5.91 Å². The Bertz CT molecular complexity index is 647. The molecule has 0 aliphatic carbocycles. The Hall–Kier alpha value is -1.92. The number of methoxy groups -OCH3 is 1. The van der Waals surface area contributed by atoms with Gasteiger partial charge in [0.1, 0.15) is 0 Å². The first-order valence-electron chi connectivity index (χ1n) is 8.07. The molecule has 6 nitrogen and oxygen atoms in total. The van der Waals surface area contributed by atoms with Crippen molar-refractivity contribution in [2.24, 2.45) is 5.92 Å². The number of fused-ring (bicyclic) bond motifs is 1. The molecule has 1 N–H and O–H groups in total. The number of benzene rings is 1. The third-order valence-electron chi connectivity index (χ3n) is 4.35. The Morgan fingerprint density at radius 1 is 1.35 bits per heavy atom. The van der Waals surface area contributed by atoms with Crippen molar-refractivity contribution in [2.45, 2.75) is 12.8 Å². The highest BCUT2D eigenvalue weighted by molar-refractivity contribution is 5.97. The number of H-pyrrole nitrogens is 1. The molecule has 23 heavy (non-hydrogen) atoms. The lowest BCUT2D eigenvalue weighted by Crippen LogP contribution is -2.39. The second kappa shape index (κ2) is 7.57. The van der Waals surface area contributed by atoms with Crippen LogP contribution in [-0.4, -0.2) is 60.8 Å². The van der Waals surface area contributed by atoms with E-state index in [0.29, 0.717) is 19.1 Å². The highest BCUT2D eigenvalue weighted by Crippen LogP contribution is 2.20. The van der Waals surface area contributed by atoms with Gasteiger partial charge in [0.05, 0.1) is 30.6 Å². The Morgan fingerprint density at radius 2 is 2.17 bits per heavy atom. The summed E-state index contributed by atoms with van der Waals surface area (Å²) in [6, 6.07) is 5.62. The van der Waals surface area contributed by atoms with Gasteiger partial charge in [-0.15, -0.1) is 0 Å². The van der Waals surface area contributed by atoms with Crippen LogP contribution in [0.3, 0.4) is 0 Å². The summed E-state index contributed by atoms with van der Waals surface area (Å²) in [5.74, 6) is 0.631. The highest BCUT2D eigenvalue weighted by atomic mass is 16.5. The second-order valence-corrected chi connectivity index (χ2v) is 5.94. The van der Waals surface area contributed by atoms with Crippen molar-refractivity contribution in [3.63, 3.8) is 0 Å². The Kier molecular flexibility index (Phi) is 5.25. The van der Waals surface area contributed by atoms with E-state index in [0.717, 1.165) is 49.1 Å². The monoisotopic (exact) mass is 317 g/mol. The molecule has 2 heterocycles. The summed E-state index contributed by atoms with van der Waals surface area (Å²) in [5.41, 5.74) is 2.50. The molecule has 1 fully saturated rings. The summed E-state index contributed by atoms with van der Waals surface area (Å²) in [5, 5.41) is 0. The number of nitrogens with zero attached hydrogens (tertiary/aromatic N) is 2. The molecule has 1 aliphatic rings. The number of carbonyl (C=O) groups is 1. The van der Waals surface area contributed by atoms with E-state index in [2.05, 4.69) is 9.97 Å². The van der Waals surface area contributed by atoms with Crippen LogP contribution in [0.1, 0.15) is 23.2 Å². The molecule has 1 aromatic carbocycles. The average molecular weight is 317 g/mol. The van der Waals surface area contributed by atoms with Gasteiger partial charge in [-0.25, -0.2) is 4.98 Å². The largest absolute Gasteiger partial charge is 0.382 e. The Balaban J connectivity index is 1.51. The summed E-state index contributed by atoms with van der Waals surface area (Å²) in [6.45, 7) is 3.61. The molecule has 1 saturated heterocycles. The van der Waals surface area contributed by atoms with Crippen molar-refractivity contribution in [3.05, 3.63) is 30.1 Å². The van der Waals surface area contributed by atoms with Gasteiger partial charge in [0.15, 0.2) is 0 Å². The van der Waals surface area contributed by atoms with Gasteiger partial charge in [-0.3, -0.25) is 4.79 Å². The number of likely N-dealkylation sites (tertiary alicyclic amines) is 1. The first kappa shape index (κ1) is 16.0. The number of nitrogens with one attached hydrogen (secondary N) is 1. The summed E-state index contributed by atoms with van der Waals surface area (Å²) in [6.07, 6.45) is 3.63. The van der Waals surface area contributed by atoms with Gasteiger partial charge in [0.2, 0.25) is 0 Å². The molecule has 3 rings (SSSR count). The molecule has 0 atom stereocenters. The van der Waals surface area contributed by atoms with E-state index < -0.39 is 0 Å². The molecule has 6 heteroatoms. The maximum Gasteiger partial charge on any atom is 0.253 e. The van der Waals surface area contributed by atoms with Crippen LogP contribution in [0.25, 0.3) is 11.0 Å². The van der Waals surface area contributed by atoms with Crippen LogP contribution in [0.15, 0.2) is 24.5 Å². The van der Waals surface area contributed by atoms with Crippen LogP contribution in [0, 0.1) is 5.92 Å². The quantitative estimate of drug-likeness (QED) is 0.828. The number of hydrogen-bond donors (Lipinski definition) is 1. The van der Waals surface area contributed by atoms with Gasteiger partial charge in [-0.1, -0.05) is 0 Å². The van der Waals surface area contributed by atoms with Gasteiger partial charge in [0, 0.05) is 32.4 Å². The zero-order chi connectivity index (χ0) is 16.1. The summed E-state index contributed by atoms with van der Waals surface area (Å²) in [7, 11) is 1.67. The predicted octanol–water partition coefficient (Wildman–Crippen LogP) is 2.08. The molecular weight excluding hydrogens is 294 g/mol. The van der Waals surface area contributed by atoms with Crippen LogP contribution in [-0.2, 0) is 9.47 Å². The molecule has 2 aromatic rings. The second-order valence-electron chi connectivity index (χ2n) is 5.94. The fourth-order valence-corrected chi connectivity index (χ4v) is 2.95. The molecule has 0 radical (unpaired) electrons. The standard InChI is InChI=1S/C17H23N3O3/c1-22-8-9-23-11-13-4-6-20(7-5-13)17(21)14-2-3-15-16(10-14)19-12-18-15/h2-3,10,12-13H,4-9,11H2,1H3,(H,18,19). The van der Waals surface area contributed by atoms with E-state index in [1.807, 2.05) is 23.1 Å². The number of carbonyl (C=O) groups excluding carboxylic acids is 1. The van der Waals surface area contributed by atoms with Crippen molar-refractivity contribution in [2.75, 3.05) is 40.0 Å². The third kappa shape index (κ3) is 3.89. The fourth-order valence-electron chi connectivity index (χ4n) is 2.95. The first-order valence-corrected chi connectivity index (χ1v) is 8.07. The minimum atomic E-state index is 0.0975. The number of amides is 1. The van der Waals surface area contributed by atoms with Crippen molar-refractivity contribution < 1.29 is 14.3 Å². The molecular formula is C17H23N3O3. The third-order valence-corrected chi connectivity index (χ3v) is 4.35. The zero-order valence-corrected chi connectivity index (χ0v) is 13.5. The van der Waals surface area contributed by atoms with Crippen LogP contribution in [0.4, 0.5) is 0 Å². The fraction of sp³-hybridized carbons (Fsp3) is 0.529. The van der Waals surface area contributed by atoms with E-state index in [9.17, 15) is 4.79 Å². The zero-order valence-electron chi connectivity index (χ0n) is 13.5. The molecule has 1 aliphatic heterocycles. The van der Waals surface area contributed by atoms with E-state index in [-0.39, 0.29) is 5.91 Å². The average Bonchev–Trinajstić information content (AvgIpc) is 3.06. The van der Waals surface area contributed by atoms with E-state index in [1.54, 1.807) is 13.4 Å². The van der Waals surface area contributed by atoms with E-state index >= 15 is 0 Å². The number of aromatic amines is 1. The maximum atomic E-state index is 12.6. The molecule has 0 bridgehead atoms. The van der Waals surface area contributed by atoms with Crippen molar-refractivity contribution in [3.8, 4) is 0 Å². The minimum Gasteiger partial charge on any atom is -0.382 e. The first-order chi connectivity index (χ1) is 11.3. The lowest BCUT2D eigenvalue weighted by Gasteiger charge is -2.32. The van der Waals surface area contributed by atoms with Crippen LogP contribution in [0.5, 0.6) is 0 Å². The van der Waals surface area contributed by atoms with Gasteiger partial charge in [-0.05, 0) is 37.0 Å². The molecule has 0 saturated carbocycles. The van der Waals surface area contributed by atoms with E-state index in [4.69, 9.17) is 9.47 Å². The molecule has 124 valence electrons. The number of hydrogen-bond acceptors (Lipinski definition) is 4. The lowest BCUT2D eigenvalue weighted by atomic mass is 9.97. The SMILES string of the molecule is COCCOCC1CCN(C(=O)c2ccc3nc[nH]c3c2)CC1. The van der Waals surface area contributed by atoms with Gasteiger partial charge < -0.3 is 19.4 Å². The normalized spacial score (nSPS) is 16.1. The van der Waals surface area contributed by atoms with Gasteiger partial charge >= 0.3 is 0 Å². The Labute approximate surface area is 135 Å². The minimum absolute atomic E-state index is 0.0975. The predicted molar refractivity (Wildman–Crippen MR) is 87.4 cm³/mol. The van der Waals surface area contributed by atoms with Crippen molar-refractivity contribution in [1.29, 1.82) is 0 Å². The van der Waals surface area contributed by atoms with Crippen molar-refractivity contribution in [1.82, 2.24) is 14.9 Å². The number of ether oxygens (including phenoxy) is 2.